The highest BCUT2D eigenvalue weighted by atomic mass is 16.5. The quantitative estimate of drug-likeness (QED) is 0.657. The fourth-order valence-corrected chi connectivity index (χ4v) is 1.74. The number of hydrogen-bond donors (Lipinski definition) is 0. The normalized spacial score (nSPS) is 10.2. The summed E-state index contributed by atoms with van der Waals surface area (Å²) in [5.41, 5.74) is 0.635. The molecule has 1 rings (SSSR count). The first-order valence-electron chi connectivity index (χ1n) is 6.65. The molecule has 0 saturated carbocycles. The highest BCUT2D eigenvalue weighted by molar-refractivity contribution is 5.99. The molecule has 0 bridgehead atoms. The molecule has 18 heavy (non-hydrogen) atoms. The number of carbonyl (C=O) groups excluding carboxylic acids is 1. The molecule has 0 atom stereocenters. The number of unbranched alkanes of at least 4 members (excludes halogenated alkanes) is 1. The van der Waals surface area contributed by atoms with E-state index in [1.807, 2.05) is 26.0 Å². The maximum absolute atomic E-state index is 12.1. The summed E-state index contributed by atoms with van der Waals surface area (Å²) < 4.78 is 10.9. The van der Waals surface area contributed by atoms with Crippen LogP contribution in [-0.2, 0) is 0 Å². The summed E-state index contributed by atoms with van der Waals surface area (Å²) in [6, 6.07) is 5.44. The van der Waals surface area contributed by atoms with E-state index >= 15 is 0 Å². The third-order valence-electron chi connectivity index (χ3n) is 2.62. The fraction of sp³-hybridized carbons (Fsp3) is 0.533. The maximum Gasteiger partial charge on any atom is 0.166 e. The van der Waals surface area contributed by atoms with Crippen molar-refractivity contribution in [2.24, 2.45) is 0 Å². The molecule has 0 unspecified atom stereocenters. The zero-order chi connectivity index (χ0) is 13.4. The van der Waals surface area contributed by atoms with Crippen LogP contribution in [0.3, 0.4) is 0 Å². The third kappa shape index (κ3) is 4.06. The number of rotatable bonds is 8. The van der Waals surface area contributed by atoms with Crippen LogP contribution >= 0.6 is 0 Å². The fourth-order valence-electron chi connectivity index (χ4n) is 1.74. The van der Waals surface area contributed by atoms with Gasteiger partial charge >= 0.3 is 0 Å². The minimum atomic E-state index is 0.127. The first-order valence-corrected chi connectivity index (χ1v) is 6.65. The molecule has 0 N–H and O–H groups in total. The van der Waals surface area contributed by atoms with Gasteiger partial charge in [-0.3, -0.25) is 4.79 Å². The van der Waals surface area contributed by atoms with E-state index in [0.717, 1.165) is 18.6 Å². The number of benzene rings is 1. The second kappa shape index (κ2) is 7.75. The molecule has 3 heteroatoms. The number of hydrogen-bond acceptors (Lipinski definition) is 3. The van der Waals surface area contributed by atoms with Crippen LogP contribution in [0.25, 0.3) is 0 Å². The Bertz CT molecular complexity index is 385. The van der Waals surface area contributed by atoms with Crippen LogP contribution in [-0.4, -0.2) is 19.0 Å². The molecule has 1 aromatic rings. The van der Waals surface area contributed by atoms with Gasteiger partial charge in [-0.1, -0.05) is 13.3 Å². The van der Waals surface area contributed by atoms with Gasteiger partial charge < -0.3 is 9.47 Å². The predicted octanol–water partition coefficient (Wildman–Crippen LogP) is 3.86. The van der Waals surface area contributed by atoms with Crippen molar-refractivity contribution in [1.29, 1.82) is 0 Å². The van der Waals surface area contributed by atoms with Crippen molar-refractivity contribution >= 4 is 5.78 Å². The van der Waals surface area contributed by atoms with Gasteiger partial charge in [-0.25, -0.2) is 0 Å². The predicted molar refractivity (Wildman–Crippen MR) is 72.6 cm³/mol. The Morgan fingerprint density at radius 2 is 1.83 bits per heavy atom. The van der Waals surface area contributed by atoms with Crippen molar-refractivity contribution in [2.75, 3.05) is 13.2 Å². The topological polar surface area (TPSA) is 35.5 Å². The number of ether oxygens (including phenoxy) is 2. The van der Waals surface area contributed by atoms with Gasteiger partial charge in [0.15, 0.2) is 5.78 Å². The van der Waals surface area contributed by atoms with Crippen LogP contribution in [0.2, 0.25) is 0 Å². The Balaban J connectivity index is 2.94. The smallest absolute Gasteiger partial charge is 0.166 e. The maximum atomic E-state index is 12.1. The lowest BCUT2D eigenvalue weighted by atomic mass is 10.0. The van der Waals surface area contributed by atoms with E-state index in [1.54, 1.807) is 6.07 Å². The summed E-state index contributed by atoms with van der Waals surface area (Å²) in [5.74, 6) is 1.50. The Kier molecular flexibility index (Phi) is 6.26. The van der Waals surface area contributed by atoms with E-state index in [1.165, 1.54) is 0 Å². The first kappa shape index (κ1) is 14.6. The van der Waals surface area contributed by atoms with Crippen LogP contribution in [0, 0.1) is 0 Å². The molecule has 0 aromatic heterocycles. The summed E-state index contributed by atoms with van der Waals surface area (Å²) in [4.78, 5) is 12.1. The van der Waals surface area contributed by atoms with Crippen LogP contribution in [0.4, 0.5) is 0 Å². The minimum Gasteiger partial charge on any atom is -0.494 e. The molecule has 0 saturated heterocycles. The highest BCUT2D eigenvalue weighted by Crippen LogP contribution is 2.26. The molecule has 3 nitrogen and oxygen atoms in total. The van der Waals surface area contributed by atoms with Crippen LogP contribution in [0.15, 0.2) is 18.2 Å². The number of carbonyl (C=O) groups is 1. The van der Waals surface area contributed by atoms with Crippen LogP contribution < -0.4 is 9.47 Å². The van der Waals surface area contributed by atoms with Gasteiger partial charge in [0.25, 0.3) is 0 Å². The average molecular weight is 250 g/mol. The first-order chi connectivity index (χ1) is 8.72. The Morgan fingerprint density at radius 3 is 2.44 bits per heavy atom. The molecule has 100 valence electrons. The molecule has 0 aliphatic rings. The molecule has 0 aliphatic heterocycles. The number of ketones is 1. The third-order valence-corrected chi connectivity index (χ3v) is 2.62. The van der Waals surface area contributed by atoms with Crippen molar-refractivity contribution in [3.05, 3.63) is 23.8 Å². The number of Topliss-reactive ketones (excluding diaryl/α,β-unsaturated/α-hetero) is 1. The van der Waals surface area contributed by atoms with Crippen molar-refractivity contribution in [3.8, 4) is 11.5 Å². The van der Waals surface area contributed by atoms with Gasteiger partial charge in [-0.15, -0.1) is 0 Å². The van der Waals surface area contributed by atoms with E-state index in [4.69, 9.17) is 9.47 Å². The van der Waals surface area contributed by atoms with E-state index in [2.05, 4.69) is 6.92 Å². The lowest BCUT2D eigenvalue weighted by Gasteiger charge is -2.11. The van der Waals surface area contributed by atoms with E-state index in [0.29, 0.717) is 30.9 Å². The van der Waals surface area contributed by atoms with Crippen LogP contribution in [0.1, 0.15) is 50.4 Å². The van der Waals surface area contributed by atoms with Gasteiger partial charge in [0.1, 0.15) is 11.5 Å². The summed E-state index contributed by atoms with van der Waals surface area (Å²) in [6.45, 7) is 7.07. The molecule has 0 heterocycles. The van der Waals surface area contributed by atoms with E-state index < -0.39 is 0 Å². The Hall–Kier alpha value is -1.51. The zero-order valence-electron chi connectivity index (χ0n) is 11.5. The van der Waals surface area contributed by atoms with E-state index in [-0.39, 0.29) is 5.78 Å². The molecule has 0 radical (unpaired) electrons. The Morgan fingerprint density at radius 1 is 1.11 bits per heavy atom. The minimum absolute atomic E-state index is 0.127. The van der Waals surface area contributed by atoms with Gasteiger partial charge in [0.2, 0.25) is 0 Å². The molecule has 0 aliphatic carbocycles. The van der Waals surface area contributed by atoms with Crippen molar-refractivity contribution in [2.45, 2.75) is 40.0 Å². The molecule has 0 fully saturated rings. The van der Waals surface area contributed by atoms with Crippen molar-refractivity contribution in [3.63, 3.8) is 0 Å². The lowest BCUT2D eigenvalue weighted by Crippen LogP contribution is -2.05. The van der Waals surface area contributed by atoms with Gasteiger partial charge in [0.05, 0.1) is 18.8 Å². The largest absolute Gasteiger partial charge is 0.494 e. The molecule has 1 aromatic carbocycles. The van der Waals surface area contributed by atoms with Crippen LogP contribution in [0.5, 0.6) is 11.5 Å². The van der Waals surface area contributed by atoms with Gasteiger partial charge in [-0.05, 0) is 38.5 Å². The van der Waals surface area contributed by atoms with Gasteiger partial charge in [-0.2, -0.15) is 0 Å². The lowest BCUT2D eigenvalue weighted by molar-refractivity contribution is 0.0975. The second-order valence-corrected chi connectivity index (χ2v) is 4.05. The molecule has 0 amide bonds. The Labute approximate surface area is 109 Å². The SMILES string of the molecule is CCCCC(=O)c1cc(OCC)ccc1OCC. The zero-order valence-corrected chi connectivity index (χ0v) is 11.5. The second-order valence-electron chi connectivity index (χ2n) is 4.05. The van der Waals surface area contributed by atoms with Gasteiger partial charge in [0, 0.05) is 6.42 Å². The van der Waals surface area contributed by atoms with Crippen molar-refractivity contribution in [1.82, 2.24) is 0 Å². The standard InChI is InChI=1S/C15H22O3/c1-4-7-8-14(16)13-11-12(17-5-2)9-10-15(13)18-6-3/h9-11H,4-8H2,1-3H3. The summed E-state index contributed by atoms with van der Waals surface area (Å²) in [7, 11) is 0. The summed E-state index contributed by atoms with van der Waals surface area (Å²) >= 11 is 0. The van der Waals surface area contributed by atoms with Crippen molar-refractivity contribution < 1.29 is 14.3 Å². The summed E-state index contributed by atoms with van der Waals surface area (Å²) in [6.07, 6.45) is 2.48. The highest BCUT2D eigenvalue weighted by Gasteiger charge is 2.13. The average Bonchev–Trinajstić information content (AvgIpc) is 2.38. The monoisotopic (exact) mass is 250 g/mol. The molecular formula is C15H22O3. The molecular weight excluding hydrogens is 228 g/mol. The molecule has 0 spiro atoms. The summed E-state index contributed by atoms with van der Waals surface area (Å²) in [5, 5.41) is 0. The van der Waals surface area contributed by atoms with E-state index in [9.17, 15) is 4.79 Å².